The maximum atomic E-state index is 10.3. The fourth-order valence-electron chi connectivity index (χ4n) is 3.86. The third-order valence-electron chi connectivity index (χ3n) is 5.62. The molecule has 2 aromatic carbocycles. The summed E-state index contributed by atoms with van der Waals surface area (Å²) in [4.78, 5) is 8.11. The monoisotopic (exact) mass is 456 g/mol. The van der Waals surface area contributed by atoms with E-state index < -0.39 is 43.4 Å². The summed E-state index contributed by atoms with van der Waals surface area (Å²) in [5, 5.41) is 40.3. The van der Waals surface area contributed by atoms with Gasteiger partial charge in [0.1, 0.15) is 30.5 Å². The predicted octanol–water partition coefficient (Wildman–Crippen LogP) is 2.59. The van der Waals surface area contributed by atoms with Gasteiger partial charge in [0.15, 0.2) is 0 Å². The standard InChI is InChI=1S/C21H23ClO5.CF2O/c22-16-6-5-14(21-20(26)19(25)18(24)17(10-23)27-21)9-15(16)8-11-1-2-12-3-4-13(12)7-11;2-1(3)4/h1-2,5-7,9,17-21,23-26H,3-4,8,10H2;/t17-,18-,19+,20-,21+;/m1./s1. The van der Waals surface area contributed by atoms with Crippen LogP contribution in [0.15, 0.2) is 36.4 Å². The summed E-state index contributed by atoms with van der Waals surface area (Å²) >= 11 is 6.38. The minimum absolute atomic E-state index is 0.447. The van der Waals surface area contributed by atoms with Gasteiger partial charge in [-0.05, 0) is 53.1 Å². The van der Waals surface area contributed by atoms with Gasteiger partial charge < -0.3 is 25.2 Å². The van der Waals surface area contributed by atoms with Crippen LogP contribution in [-0.2, 0) is 24.0 Å². The number of rotatable bonds is 4. The first-order chi connectivity index (χ1) is 14.7. The molecule has 0 bridgehead atoms. The second kappa shape index (κ2) is 10.1. The Morgan fingerprint density at radius 1 is 1.00 bits per heavy atom. The fourth-order valence-corrected chi connectivity index (χ4v) is 4.05. The van der Waals surface area contributed by atoms with E-state index >= 15 is 0 Å². The maximum Gasteiger partial charge on any atom is 0.483 e. The van der Waals surface area contributed by atoms with Crippen LogP contribution in [-0.4, -0.2) is 57.7 Å². The van der Waals surface area contributed by atoms with Crippen LogP contribution in [0.5, 0.6) is 0 Å². The third kappa shape index (κ3) is 5.46. The Morgan fingerprint density at radius 2 is 1.68 bits per heavy atom. The van der Waals surface area contributed by atoms with E-state index in [0.29, 0.717) is 17.0 Å². The average molecular weight is 457 g/mol. The Balaban J connectivity index is 0.000000628. The lowest BCUT2D eigenvalue weighted by atomic mass is 9.86. The number of ether oxygens (including phenoxy) is 1. The Kier molecular flexibility index (Phi) is 7.74. The molecule has 2 aromatic rings. The van der Waals surface area contributed by atoms with Crippen LogP contribution in [0.2, 0.25) is 5.02 Å². The van der Waals surface area contributed by atoms with Gasteiger partial charge in [0.05, 0.1) is 6.61 Å². The van der Waals surface area contributed by atoms with Gasteiger partial charge in [-0.25, -0.2) is 4.79 Å². The quantitative estimate of drug-likeness (QED) is 0.527. The SMILES string of the molecule is O=C(F)F.OC[C@H]1O[C@@H](c2ccc(Cl)c(Cc3ccc4c(c3)CC4)c2)[C@H](O)[C@@H](O)[C@@H]1O. The molecule has 2 aliphatic rings. The molecular formula is C22H23ClF2O6. The first kappa shape index (κ1) is 23.7. The van der Waals surface area contributed by atoms with Gasteiger partial charge in [0.2, 0.25) is 0 Å². The topological polar surface area (TPSA) is 107 Å². The Hall–Kier alpha value is -1.94. The molecule has 9 heteroatoms. The van der Waals surface area contributed by atoms with Gasteiger partial charge in [0.25, 0.3) is 0 Å². The van der Waals surface area contributed by atoms with Crippen molar-refractivity contribution in [3.8, 4) is 0 Å². The fraction of sp³-hybridized carbons (Fsp3) is 0.409. The lowest BCUT2D eigenvalue weighted by Crippen LogP contribution is -2.55. The van der Waals surface area contributed by atoms with E-state index in [1.165, 1.54) is 16.7 Å². The van der Waals surface area contributed by atoms with Crippen molar-refractivity contribution < 1.29 is 38.7 Å². The lowest BCUT2D eigenvalue weighted by molar-refractivity contribution is -0.231. The van der Waals surface area contributed by atoms with Crippen molar-refractivity contribution in [1.29, 1.82) is 0 Å². The molecule has 6 nitrogen and oxygen atoms in total. The largest absolute Gasteiger partial charge is 0.483 e. The zero-order valence-corrected chi connectivity index (χ0v) is 17.2. The molecule has 1 aliphatic carbocycles. The molecule has 31 heavy (non-hydrogen) atoms. The summed E-state index contributed by atoms with van der Waals surface area (Å²) in [5.41, 5.74) is 5.50. The van der Waals surface area contributed by atoms with E-state index in [4.69, 9.17) is 21.1 Å². The minimum atomic E-state index is -2.83. The molecular weight excluding hydrogens is 434 g/mol. The van der Waals surface area contributed by atoms with Gasteiger partial charge in [-0.3, -0.25) is 0 Å². The number of benzene rings is 2. The van der Waals surface area contributed by atoms with Crippen LogP contribution in [0.4, 0.5) is 13.6 Å². The van der Waals surface area contributed by atoms with Crippen LogP contribution in [0.3, 0.4) is 0 Å². The molecule has 0 radical (unpaired) electrons. The van der Waals surface area contributed by atoms with Crippen molar-refractivity contribution >= 4 is 17.9 Å². The van der Waals surface area contributed by atoms with Gasteiger partial charge in [-0.15, -0.1) is 8.78 Å². The Bertz CT molecular complexity index is 934. The molecule has 0 aromatic heterocycles. The highest BCUT2D eigenvalue weighted by molar-refractivity contribution is 6.31. The van der Waals surface area contributed by atoms with E-state index in [1.54, 1.807) is 12.1 Å². The molecule has 0 spiro atoms. The van der Waals surface area contributed by atoms with Crippen LogP contribution >= 0.6 is 11.6 Å². The molecule has 4 rings (SSSR count). The van der Waals surface area contributed by atoms with Crippen molar-refractivity contribution in [3.63, 3.8) is 0 Å². The molecule has 5 atom stereocenters. The second-order valence-corrected chi connectivity index (χ2v) is 8.01. The van der Waals surface area contributed by atoms with Crippen molar-refractivity contribution in [2.24, 2.45) is 0 Å². The van der Waals surface area contributed by atoms with E-state index in [2.05, 4.69) is 18.2 Å². The van der Waals surface area contributed by atoms with E-state index in [1.807, 2.05) is 6.07 Å². The van der Waals surface area contributed by atoms with Crippen LogP contribution in [0.25, 0.3) is 0 Å². The highest BCUT2D eigenvalue weighted by Gasteiger charge is 2.44. The van der Waals surface area contributed by atoms with Crippen LogP contribution in [0, 0.1) is 0 Å². The van der Waals surface area contributed by atoms with Gasteiger partial charge in [-0.2, -0.15) is 0 Å². The van der Waals surface area contributed by atoms with E-state index in [9.17, 15) is 29.2 Å². The number of halogens is 3. The summed E-state index contributed by atoms with van der Waals surface area (Å²) in [6, 6.07) is 11.8. The number of carbonyl (C=O) groups is 1. The Labute approximate surface area is 182 Å². The second-order valence-electron chi connectivity index (χ2n) is 7.61. The number of hydrogen-bond acceptors (Lipinski definition) is 6. The first-order valence-electron chi connectivity index (χ1n) is 9.75. The first-order valence-corrected chi connectivity index (χ1v) is 10.1. The molecule has 168 valence electrons. The summed E-state index contributed by atoms with van der Waals surface area (Å²) in [7, 11) is 0. The number of carbonyl (C=O) groups excluding carboxylic acids is 1. The van der Waals surface area contributed by atoms with Crippen molar-refractivity contribution in [2.45, 2.75) is 49.8 Å². The third-order valence-corrected chi connectivity index (χ3v) is 5.99. The average Bonchev–Trinajstić information content (AvgIpc) is 2.70. The number of fused-ring (bicyclic) bond motifs is 1. The number of hydrogen-bond donors (Lipinski definition) is 4. The number of aryl methyl sites for hydroxylation is 2. The van der Waals surface area contributed by atoms with Crippen molar-refractivity contribution in [1.82, 2.24) is 0 Å². The van der Waals surface area contributed by atoms with Gasteiger partial charge >= 0.3 is 6.29 Å². The maximum absolute atomic E-state index is 10.3. The highest BCUT2D eigenvalue weighted by Crippen LogP contribution is 2.34. The smallest absolute Gasteiger partial charge is 0.394 e. The normalized spacial score (nSPS) is 26.9. The summed E-state index contributed by atoms with van der Waals surface area (Å²) in [6.07, 6.45) is -5.77. The summed E-state index contributed by atoms with van der Waals surface area (Å²) < 4.78 is 25.0. The summed E-state index contributed by atoms with van der Waals surface area (Å²) in [6.45, 7) is -0.447. The molecule has 0 unspecified atom stereocenters. The molecule has 1 fully saturated rings. The Morgan fingerprint density at radius 3 is 2.26 bits per heavy atom. The summed E-state index contributed by atoms with van der Waals surface area (Å²) in [5.74, 6) is 0. The minimum Gasteiger partial charge on any atom is -0.394 e. The van der Waals surface area contributed by atoms with Gasteiger partial charge in [-0.1, -0.05) is 41.9 Å². The highest BCUT2D eigenvalue weighted by atomic mass is 35.5. The van der Waals surface area contributed by atoms with Crippen molar-refractivity contribution in [2.75, 3.05) is 6.61 Å². The van der Waals surface area contributed by atoms with Crippen molar-refractivity contribution in [3.05, 3.63) is 69.2 Å². The van der Waals surface area contributed by atoms with Crippen LogP contribution in [0.1, 0.15) is 33.9 Å². The zero-order chi connectivity index (χ0) is 22.7. The number of aliphatic hydroxyl groups is 4. The van der Waals surface area contributed by atoms with E-state index in [0.717, 1.165) is 18.4 Å². The molecule has 1 heterocycles. The lowest BCUT2D eigenvalue weighted by Gasteiger charge is -2.40. The molecule has 4 N–H and O–H groups in total. The van der Waals surface area contributed by atoms with Gasteiger partial charge in [0, 0.05) is 5.02 Å². The zero-order valence-electron chi connectivity index (χ0n) is 16.4. The van der Waals surface area contributed by atoms with E-state index in [-0.39, 0.29) is 0 Å². The molecule has 1 saturated heterocycles. The molecule has 0 amide bonds. The number of aliphatic hydroxyl groups excluding tert-OH is 4. The molecule has 1 aliphatic heterocycles. The van der Waals surface area contributed by atoms with Crippen LogP contribution < -0.4 is 0 Å². The molecule has 0 saturated carbocycles. The predicted molar refractivity (Wildman–Crippen MR) is 108 cm³/mol.